The Bertz CT molecular complexity index is 1080. The molecular weight excluding hydrogens is 408 g/mol. The van der Waals surface area contributed by atoms with Crippen molar-refractivity contribution in [2.45, 2.75) is 25.3 Å². The third kappa shape index (κ3) is 3.70. The van der Waals surface area contributed by atoms with E-state index in [4.69, 9.17) is 25.9 Å². The van der Waals surface area contributed by atoms with Crippen molar-refractivity contribution in [3.8, 4) is 11.5 Å². The minimum atomic E-state index is -0.516. The summed E-state index contributed by atoms with van der Waals surface area (Å²) in [5, 5.41) is 0.713. The molecule has 1 aliphatic heterocycles. The first-order valence-corrected chi connectivity index (χ1v) is 11.2. The number of carbonyl (C=O) groups is 1. The van der Waals surface area contributed by atoms with Crippen LogP contribution in [0.1, 0.15) is 19.3 Å². The van der Waals surface area contributed by atoms with Crippen molar-refractivity contribution in [3.05, 3.63) is 23.8 Å². The molecule has 1 aromatic heterocycles. The first-order chi connectivity index (χ1) is 15.5. The molecule has 3 atom stereocenters. The summed E-state index contributed by atoms with van der Waals surface area (Å²) < 4.78 is 10.7. The van der Waals surface area contributed by atoms with E-state index in [9.17, 15) is 4.79 Å². The number of aromatic nitrogens is 2. The molecule has 1 saturated carbocycles. The van der Waals surface area contributed by atoms with E-state index < -0.39 is 6.04 Å². The molecule has 2 heterocycles. The fourth-order valence-corrected chi connectivity index (χ4v) is 4.88. The van der Waals surface area contributed by atoms with Crippen LogP contribution in [-0.2, 0) is 4.79 Å². The number of hydrogen-bond donors (Lipinski definition) is 2. The summed E-state index contributed by atoms with van der Waals surface area (Å²) in [6.07, 6.45) is 5.54. The molecule has 0 radical (unpaired) electrons. The number of anilines is 2. The SMILES string of the molecule is COc1cc2nc(N3CCN(C(=O)[C@H](N)C4=CCC5CC5C4)CC3)nc(N)c2cc1OC. The largest absolute Gasteiger partial charge is 0.493 e. The normalized spacial score (nSPS) is 23.4. The van der Waals surface area contributed by atoms with Crippen molar-refractivity contribution < 1.29 is 14.3 Å². The summed E-state index contributed by atoms with van der Waals surface area (Å²) in [5.74, 6) is 3.70. The van der Waals surface area contributed by atoms with Crippen LogP contribution < -0.4 is 25.8 Å². The highest BCUT2D eigenvalue weighted by atomic mass is 16.5. The molecule has 1 aromatic carbocycles. The Kier molecular flexibility index (Phi) is 5.28. The molecule has 2 aliphatic carbocycles. The molecule has 0 spiro atoms. The van der Waals surface area contributed by atoms with Gasteiger partial charge < -0.3 is 30.7 Å². The zero-order valence-corrected chi connectivity index (χ0v) is 18.6. The van der Waals surface area contributed by atoms with E-state index in [-0.39, 0.29) is 5.91 Å². The molecule has 9 heteroatoms. The fourth-order valence-electron chi connectivity index (χ4n) is 4.88. The van der Waals surface area contributed by atoms with Crippen LogP contribution in [0.15, 0.2) is 23.8 Å². The summed E-state index contributed by atoms with van der Waals surface area (Å²) in [5.41, 5.74) is 14.4. The number of fused-ring (bicyclic) bond motifs is 2. The molecule has 32 heavy (non-hydrogen) atoms. The summed E-state index contributed by atoms with van der Waals surface area (Å²) in [4.78, 5) is 26.1. The van der Waals surface area contributed by atoms with Gasteiger partial charge in [0, 0.05) is 37.6 Å². The third-order valence-electron chi connectivity index (χ3n) is 7.01. The number of piperazine rings is 1. The van der Waals surface area contributed by atoms with Crippen LogP contribution in [0.2, 0.25) is 0 Å². The number of nitrogens with zero attached hydrogens (tertiary/aromatic N) is 4. The standard InChI is InChI=1S/C23H30N6O3/c1-31-18-11-16-17(12-19(18)32-2)26-23(27-21(16)25)29-7-5-28(6-8-29)22(30)20(24)14-4-3-13-9-15(13)10-14/h4,11-13,15,20H,3,5-10,24H2,1-2H3,(H2,25,26,27)/t13?,15?,20-/m1/s1. The Labute approximate surface area is 187 Å². The lowest BCUT2D eigenvalue weighted by Crippen LogP contribution is -2.54. The lowest BCUT2D eigenvalue weighted by atomic mass is 9.93. The van der Waals surface area contributed by atoms with E-state index in [1.807, 2.05) is 4.90 Å². The highest BCUT2D eigenvalue weighted by molar-refractivity contribution is 5.92. The first-order valence-electron chi connectivity index (χ1n) is 11.2. The van der Waals surface area contributed by atoms with Crippen molar-refractivity contribution in [2.24, 2.45) is 17.6 Å². The zero-order chi connectivity index (χ0) is 22.4. The third-order valence-corrected chi connectivity index (χ3v) is 7.01. The summed E-state index contributed by atoms with van der Waals surface area (Å²) in [6, 6.07) is 3.07. The average molecular weight is 439 g/mol. The maximum atomic E-state index is 13.0. The van der Waals surface area contributed by atoms with Crippen LogP contribution in [0.3, 0.4) is 0 Å². The van der Waals surface area contributed by atoms with Gasteiger partial charge in [-0.3, -0.25) is 4.79 Å². The van der Waals surface area contributed by atoms with Crippen LogP contribution in [0.5, 0.6) is 11.5 Å². The van der Waals surface area contributed by atoms with Crippen molar-refractivity contribution in [3.63, 3.8) is 0 Å². The number of rotatable bonds is 5. The maximum Gasteiger partial charge on any atom is 0.243 e. The van der Waals surface area contributed by atoms with E-state index in [0.717, 1.165) is 30.3 Å². The molecule has 170 valence electrons. The average Bonchev–Trinajstić information content (AvgIpc) is 3.61. The number of amides is 1. The quantitative estimate of drug-likeness (QED) is 0.675. The number of nitrogens with two attached hydrogens (primary N) is 2. The van der Waals surface area contributed by atoms with Crippen LogP contribution in [0, 0.1) is 11.8 Å². The van der Waals surface area contributed by atoms with E-state index in [1.54, 1.807) is 26.4 Å². The van der Waals surface area contributed by atoms with Gasteiger partial charge in [-0.25, -0.2) is 4.98 Å². The van der Waals surface area contributed by atoms with Gasteiger partial charge in [0.25, 0.3) is 0 Å². The summed E-state index contributed by atoms with van der Waals surface area (Å²) in [6.45, 7) is 2.42. The number of allylic oxidation sites excluding steroid dienone is 1. The Morgan fingerprint density at radius 1 is 1.09 bits per heavy atom. The summed E-state index contributed by atoms with van der Waals surface area (Å²) in [7, 11) is 3.16. The van der Waals surface area contributed by atoms with Crippen molar-refractivity contribution in [1.29, 1.82) is 0 Å². The number of benzene rings is 1. The highest BCUT2D eigenvalue weighted by Crippen LogP contribution is 2.49. The number of nitrogen functional groups attached to an aromatic ring is 1. The Hall–Kier alpha value is -3.07. The molecule has 2 fully saturated rings. The van der Waals surface area contributed by atoms with Gasteiger partial charge in [-0.2, -0.15) is 4.98 Å². The van der Waals surface area contributed by atoms with Crippen LogP contribution in [0.4, 0.5) is 11.8 Å². The monoisotopic (exact) mass is 438 g/mol. The van der Waals surface area contributed by atoms with Gasteiger partial charge in [-0.15, -0.1) is 0 Å². The van der Waals surface area contributed by atoms with E-state index in [2.05, 4.69) is 16.0 Å². The Morgan fingerprint density at radius 3 is 2.50 bits per heavy atom. The van der Waals surface area contributed by atoms with Gasteiger partial charge in [0.1, 0.15) is 11.9 Å². The van der Waals surface area contributed by atoms with E-state index >= 15 is 0 Å². The molecular formula is C23H30N6O3. The lowest BCUT2D eigenvalue weighted by Gasteiger charge is -2.36. The highest BCUT2D eigenvalue weighted by Gasteiger charge is 2.41. The van der Waals surface area contributed by atoms with Gasteiger partial charge in [-0.1, -0.05) is 6.08 Å². The second kappa shape index (κ2) is 8.12. The number of hydrogen-bond acceptors (Lipinski definition) is 8. The first kappa shape index (κ1) is 20.8. The van der Waals surface area contributed by atoms with Gasteiger partial charge >= 0.3 is 0 Å². The minimum absolute atomic E-state index is 0.0192. The predicted molar refractivity (Wildman–Crippen MR) is 123 cm³/mol. The second-order valence-electron chi connectivity index (χ2n) is 8.90. The van der Waals surface area contributed by atoms with Crippen molar-refractivity contribution >= 4 is 28.6 Å². The van der Waals surface area contributed by atoms with E-state index in [1.165, 1.54) is 6.42 Å². The van der Waals surface area contributed by atoms with Crippen LogP contribution >= 0.6 is 0 Å². The predicted octanol–water partition coefficient (Wildman–Crippen LogP) is 1.56. The van der Waals surface area contributed by atoms with Gasteiger partial charge in [0.15, 0.2) is 11.5 Å². The molecule has 0 bridgehead atoms. The van der Waals surface area contributed by atoms with Gasteiger partial charge in [0.05, 0.1) is 19.7 Å². The fraction of sp³-hybridized carbons (Fsp3) is 0.522. The molecule has 3 aliphatic rings. The molecule has 5 rings (SSSR count). The van der Waals surface area contributed by atoms with E-state index in [0.29, 0.717) is 60.3 Å². The summed E-state index contributed by atoms with van der Waals surface area (Å²) >= 11 is 0. The Morgan fingerprint density at radius 2 is 1.81 bits per heavy atom. The molecule has 2 aromatic rings. The smallest absolute Gasteiger partial charge is 0.243 e. The van der Waals surface area contributed by atoms with Crippen molar-refractivity contribution in [1.82, 2.24) is 14.9 Å². The molecule has 9 nitrogen and oxygen atoms in total. The molecule has 2 unspecified atom stereocenters. The molecule has 1 amide bonds. The maximum absolute atomic E-state index is 13.0. The van der Waals surface area contributed by atoms with Crippen LogP contribution in [0.25, 0.3) is 10.9 Å². The van der Waals surface area contributed by atoms with Crippen LogP contribution in [-0.4, -0.2) is 67.2 Å². The van der Waals surface area contributed by atoms with Gasteiger partial charge in [0.2, 0.25) is 11.9 Å². The number of ether oxygens (including phenoxy) is 2. The van der Waals surface area contributed by atoms with Crippen molar-refractivity contribution in [2.75, 3.05) is 51.0 Å². The second-order valence-corrected chi connectivity index (χ2v) is 8.90. The number of carbonyl (C=O) groups excluding carboxylic acids is 1. The minimum Gasteiger partial charge on any atom is -0.493 e. The molecule has 1 saturated heterocycles. The van der Waals surface area contributed by atoms with Gasteiger partial charge in [-0.05, 0) is 42.7 Å². The number of methoxy groups -OCH3 is 2. The Balaban J connectivity index is 1.28. The zero-order valence-electron chi connectivity index (χ0n) is 18.6. The topological polar surface area (TPSA) is 120 Å². The molecule has 4 N–H and O–H groups in total. The lowest BCUT2D eigenvalue weighted by molar-refractivity contribution is -0.132.